The molecule has 10 nitrogen and oxygen atoms in total. The fourth-order valence-electron chi connectivity index (χ4n) is 5.60. The van der Waals surface area contributed by atoms with Crippen LogP contribution >= 0.6 is 11.6 Å². The number of carbonyl (C=O) groups is 3. The number of hydrogen-bond donors (Lipinski definition) is 0. The molecule has 0 bridgehead atoms. The number of rotatable bonds is 11. The van der Waals surface area contributed by atoms with Gasteiger partial charge in [0.2, 0.25) is 5.91 Å². The molecule has 3 heterocycles. The van der Waals surface area contributed by atoms with Crippen molar-refractivity contribution >= 4 is 29.4 Å². The Morgan fingerprint density at radius 3 is 1.59 bits per heavy atom. The summed E-state index contributed by atoms with van der Waals surface area (Å²) in [5.74, 6) is 1.09. The Labute approximate surface area is 274 Å². The molecule has 2 atom stereocenters. The summed E-state index contributed by atoms with van der Waals surface area (Å²) >= 11 is 5.76. The average Bonchev–Trinajstić information content (AvgIpc) is 3.42. The van der Waals surface area contributed by atoms with Crippen LogP contribution in [0.4, 0.5) is 0 Å². The SMILES string of the molecule is CCOC(=O)c1cn(Cc2ccc(CCl)cc2)nc1C.CCOC(=O)c1cn(Cc2ccc(CN3CC4CC4C3=O)cc2)nc1C. The fraction of sp³-hybridized carbons (Fsp3) is 0.400. The first kappa shape index (κ1) is 32.9. The van der Waals surface area contributed by atoms with E-state index in [0.717, 1.165) is 35.2 Å². The van der Waals surface area contributed by atoms with E-state index in [4.69, 9.17) is 21.1 Å². The smallest absolute Gasteiger partial charge is 0.341 e. The highest BCUT2D eigenvalue weighted by atomic mass is 35.5. The van der Waals surface area contributed by atoms with Crippen molar-refractivity contribution in [1.29, 1.82) is 0 Å². The second-order valence-corrected chi connectivity index (χ2v) is 11.9. The van der Waals surface area contributed by atoms with Gasteiger partial charge in [0, 0.05) is 37.3 Å². The molecule has 1 saturated heterocycles. The maximum absolute atomic E-state index is 12.1. The molecule has 11 heteroatoms. The number of piperidine rings is 1. The van der Waals surface area contributed by atoms with E-state index in [0.29, 0.717) is 79.0 Å². The topological polar surface area (TPSA) is 109 Å². The van der Waals surface area contributed by atoms with Crippen LogP contribution in [0.1, 0.15) is 74.6 Å². The molecule has 1 aliphatic carbocycles. The Hall–Kier alpha value is -4.44. The van der Waals surface area contributed by atoms with E-state index in [1.165, 1.54) is 0 Å². The summed E-state index contributed by atoms with van der Waals surface area (Å²) in [6.07, 6.45) is 4.55. The number of aromatic nitrogens is 4. The summed E-state index contributed by atoms with van der Waals surface area (Å²) in [6.45, 7) is 10.7. The van der Waals surface area contributed by atoms with Crippen molar-refractivity contribution in [1.82, 2.24) is 24.5 Å². The van der Waals surface area contributed by atoms with Gasteiger partial charge in [0.05, 0.1) is 37.7 Å². The number of aryl methyl sites for hydroxylation is 2. The number of likely N-dealkylation sites (tertiary alicyclic amines) is 1. The molecule has 46 heavy (non-hydrogen) atoms. The lowest BCUT2D eigenvalue weighted by Gasteiger charge is -2.18. The zero-order chi connectivity index (χ0) is 32.8. The number of hydrogen-bond acceptors (Lipinski definition) is 7. The van der Waals surface area contributed by atoms with Crippen LogP contribution in [0.3, 0.4) is 0 Å². The molecule has 6 rings (SSSR count). The van der Waals surface area contributed by atoms with Crippen LogP contribution in [-0.2, 0) is 39.8 Å². The van der Waals surface area contributed by atoms with E-state index in [2.05, 4.69) is 34.5 Å². The monoisotopic (exact) mass is 645 g/mol. The molecule has 0 radical (unpaired) electrons. The first-order chi connectivity index (χ1) is 22.2. The zero-order valence-electron chi connectivity index (χ0n) is 26.7. The molecule has 1 saturated carbocycles. The van der Waals surface area contributed by atoms with Gasteiger partial charge in [0.25, 0.3) is 0 Å². The Bertz CT molecular complexity index is 1680. The third-order valence-corrected chi connectivity index (χ3v) is 8.46. The van der Waals surface area contributed by atoms with E-state index < -0.39 is 0 Å². The van der Waals surface area contributed by atoms with Crippen molar-refractivity contribution in [3.05, 3.63) is 106 Å². The van der Waals surface area contributed by atoms with Gasteiger partial charge in [-0.25, -0.2) is 9.59 Å². The third-order valence-electron chi connectivity index (χ3n) is 8.15. The van der Waals surface area contributed by atoms with Crippen LogP contribution in [0.5, 0.6) is 0 Å². The summed E-state index contributed by atoms with van der Waals surface area (Å²) in [7, 11) is 0. The molecule has 4 aromatic rings. The summed E-state index contributed by atoms with van der Waals surface area (Å²) in [6, 6.07) is 16.2. The van der Waals surface area contributed by atoms with E-state index >= 15 is 0 Å². The molecule has 0 N–H and O–H groups in total. The number of benzene rings is 2. The molecular weight excluding hydrogens is 606 g/mol. The zero-order valence-corrected chi connectivity index (χ0v) is 27.5. The highest BCUT2D eigenvalue weighted by Gasteiger charge is 2.51. The normalized spacial score (nSPS) is 16.5. The van der Waals surface area contributed by atoms with Gasteiger partial charge >= 0.3 is 11.9 Å². The van der Waals surface area contributed by atoms with Gasteiger partial charge in [-0.1, -0.05) is 48.5 Å². The van der Waals surface area contributed by atoms with Crippen LogP contribution in [0.15, 0.2) is 60.9 Å². The number of amides is 1. The van der Waals surface area contributed by atoms with Crippen molar-refractivity contribution in [3.8, 4) is 0 Å². The number of fused-ring (bicyclic) bond motifs is 1. The number of esters is 2. The lowest BCUT2D eigenvalue weighted by Crippen LogP contribution is -2.27. The van der Waals surface area contributed by atoms with Crippen molar-refractivity contribution in [2.24, 2.45) is 11.8 Å². The summed E-state index contributed by atoms with van der Waals surface area (Å²) in [5.41, 5.74) is 6.82. The minimum atomic E-state index is -0.333. The number of halogens is 1. The Balaban J connectivity index is 0.000000188. The highest BCUT2D eigenvalue weighted by Crippen LogP contribution is 2.46. The van der Waals surface area contributed by atoms with Crippen LogP contribution in [0.25, 0.3) is 0 Å². The van der Waals surface area contributed by atoms with Crippen molar-refractivity contribution in [2.75, 3.05) is 19.8 Å². The molecule has 2 unspecified atom stereocenters. The number of alkyl halides is 1. The first-order valence-corrected chi connectivity index (χ1v) is 16.1. The second-order valence-electron chi connectivity index (χ2n) is 11.7. The quantitative estimate of drug-likeness (QED) is 0.155. The largest absolute Gasteiger partial charge is 0.462 e. The van der Waals surface area contributed by atoms with E-state index in [1.54, 1.807) is 42.5 Å². The fourth-order valence-corrected chi connectivity index (χ4v) is 5.77. The van der Waals surface area contributed by atoms with Gasteiger partial charge < -0.3 is 14.4 Å². The highest BCUT2D eigenvalue weighted by molar-refractivity contribution is 6.17. The van der Waals surface area contributed by atoms with Gasteiger partial charge in [-0.15, -0.1) is 11.6 Å². The molecule has 1 amide bonds. The molecule has 2 aromatic heterocycles. The lowest BCUT2D eigenvalue weighted by molar-refractivity contribution is -0.130. The number of nitrogens with zero attached hydrogens (tertiary/aromatic N) is 5. The Morgan fingerprint density at radius 1 is 0.761 bits per heavy atom. The van der Waals surface area contributed by atoms with Crippen molar-refractivity contribution < 1.29 is 23.9 Å². The van der Waals surface area contributed by atoms with Gasteiger partial charge in [-0.3, -0.25) is 14.2 Å². The van der Waals surface area contributed by atoms with E-state index in [1.807, 2.05) is 36.1 Å². The van der Waals surface area contributed by atoms with Crippen LogP contribution in [0, 0.1) is 25.7 Å². The van der Waals surface area contributed by atoms with E-state index in [9.17, 15) is 14.4 Å². The standard InChI is InChI=1S/C20H23N3O3.C15H17ClN2O2/c1-3-26-20(25)18-12-23(21-13(18)2)10-15-6-4-14(5-7-15)9-22-11-16-8-17(16)19(22)24;1-3-20-15(19)14-10-18(17-11(14)2)9-13-6-4-12(8-16)5-7-13/h4-7,12,16-17H,3,8-11H2,1-2H3;4-7,10H,3,8-9H2,1-2H3. The van der Waals surface area contributed by atoms with Crippen LogP contribution < -0.4 is 0 Å². The number of ether oxygens (including phenoxy) is 2. The molecule has 242 valence electrons. The van der Waals surface area contributed by atoms with Gasteiger partial charge in [-0.05, 0) is 62.3 Å². The van der Waals surface area contributed by atoms with Gasteiger partial charge in [-0.2, -0.15) is 10.2 Å². The third kappa shape index (κ3) is 8.04. The van der Waals surface area contributed by atoms with Gasteiger partial charge in [0.15, 0.2) is 0 Å². The van der Waals surface area contributed by atoms with E-state index in [-0.39, 0.29) is 11.9 Å². The molecule has 2 aliphatic rings. The number of carbonyl (C=O) groups excluding carboxylic acids is 3. The van der Waals surface area contributed by atoms with Crippen LogP contribution in [-0.4, -0.2) is 62.1 Å². The maximum atomic E-state index is 12.1. The molecule has 1 aliphatic heterocycles. The predicted octanol–water partition coefficient (Wildman–Crippen LogP) is 5.55. The minimum Gasteiger partial charge on any atom is -0.462 e. The second kappa shape index (κ2) is 14.8. The Morgan fingerprint density at radius 2 is 1.20 bits per heavy atom. The summed E-state index contributed by atoms with van der Waals surface area (Å²) in [4.78, 5) is 37.7. The summed E-state index contributed by atoms with van der Waals surface area (Å²) in [5, 5.41) is 8.74. The van der Waals surface area contributed by atoms with Gasteiger partial charge in [0.1, 0.15) is 11.1 Å². The van der Waals surface area contributed by atoms with Crippen molar-refractivity contribution in [3.63, 3.8) is 0 Å². The maximum Gasteiger partial charge on any atom is 0.341 e. The lowest BCUT2D eigenvalue weighted by atomic mass is 10.1. The molecule has 0 spiro atoms. The molecular formula is C35H40ClN5O5. The summed E-state index contributed by atoms with van der Waals surface area (Å²) < 4.78 is 13.5. The first-order valence-electron chi connectivity index (χ1n) is 15.6. The Kier molecular flexibility index (Phi) is 10.6. The van der Waals surface area contributed by atoms with Crippen LogP contribution in [0.2, 0.25) is 0 Å². The molecule has 2 fully saturated rings. The molecule has 2 aromatic carbocycles. The minimum absolute atomic E-state index is 0.311. The van der Waals surface area contributed by atoms with Crippen molar-refractivity contribution in [2.45, 2.75) is 59.6 Å². The predicted molar refractivity (Wildman–Crippen MR) is 173 cm³/mol. The average molecular weight is 646 g/mol.